The molecule has 1 aromatic carbocycles. The lowest BCUT2D eigenvalue weighted by molar-refractivity contribution is 0.451. The van der Waals surface area contributed by atoms with E-state index in [9.17, 15) is 4.39 Å². The van der Waals surface area contributed by atoms with Crippen molar-refractivity contribution in [2.75, 3.05) is 0 Å². The van der Waals surface area contributed by atoms with Crippen molar-refractivity contribution in [1.82, 2.24) is 9.97 Å². The molecule has 3 nitrogen and oxygen atoms in total. The fourth-order valence-corrected chi connectivity index (χ4v) is 1.62. The number of hydrogen-bond acceptors (Lipinski definition) is 3. The van der Waals surface area contributed by atoms with Gasteiger partial charge in [0.1, 0.15) is 22.5 Å². The third-order valence-corrected chi connectivity index (χ3v) is 2.97. The van der Waals surface area contributed by atoms with Crippen molar-refractivity contribution in [2.24, 2.45) is 0 Å². The largest absolute Gasteiger partial charge is 0.439 e. The lowest BCUT2D eigenvalue weighted by Crippen LogP contribution is -2.02. The predicted octanol–water partition coefficient (Wildman–Crippen LogP) is 4.49. The molecule has 0 saturated heterocycles. The number of nitrogens with zero attached hydrogens (tertiary/aromatic N) is 2. The van der Waals surface area contributed by atoms with Gasteiger partial charge in [0.25, 0.3) is 0 Å². The van der Waals surface area contributed by atoms with Crippen molar-refractivity contribution < 1.29 is 9.13 Å². The zero-order chi connectivity index (χ0) is 14.0. The van der Waals surface area contributed by atoms with E-state index in [4.69, 9.17) is 16.3 Å². The van der Waals surface area contributed by atoms with Gasteiger partial charge >= 0.3 is 0 Å². The summed E-state index contributed by atoms with van der Waals surface area (Å²) < 4.78 is 18.5. The molecule has 0 saturated carbocycles. The molecule has 0 aliphatic carbocycles. The van der Waals surface area contributed by atoms with Gasteiger partial charge in [-0.25, -0.2) is 9.37 Å². The molecular formula is C14H14ClFN2O. The minimum absolute atomic E-state index is 0.147. The maximum atomic E-state index is 12.8. The van der Waals surface area contributed by atoms with E-state index in [0.29, 0.717) is 28.2 Å². The minimum atomic E-state index is -0.312. The van der Waals surface area contributed by atoms with Gasteiger partial charge in [-0.1, -0.05) is 25.4 Å². The quantitative estimate of drug-likeness (QED) is 0.777. The summed E-state index contributed by atoms with van der Waals surface area (Å²) in [6.45, 7) is 5.73. The molecule has 2 aromatic rings. The first-order valence-electron chi connectivity index (χ1n) is 5.95. The fraction of sp³-hybridized carbons (Fsp3) is 0.286. The van der Waals surface area contributed by atoms with E-state index >= 15 is 0 Å². The van der Waals surface area contributed by atoms with Crippen molar-refractivity contribution in [1.29, 1.82) is 0 Å². The molecule has 0 aliphatic heterocycles. The second-order valence-electron chi connectivity index (χ2n) is 4.51. The zero-order valence-corrected chi connectivity index (χ0v) is 11.7. The first kappa shape index (κ1) is 13.7. The van der Waals surface area contributed by atoms with Gasteiger partial charge in [-0.2, -0.15) is 4.98 Å². The highest BCUT2D eigenvalue weighted by Crippen LogP contribution is 2.28. The van der Waals surface area contributed by atoms with Crippen LogP contribution in [-0.2, 0) is 0 Å². The SMILES string of the molecule is Cc1c(Cl)nc(C(C)C)nc1Oc1ccc(F)cc1. The molecule has 0 N–H and O–H groups in total. The highest BCUT2D eigenvalue weighted by Gasteiger charge is 2.13. The van der Waals surface area contributed by atoms with Gasteiger partial charge in [0.05, 0.1) is 0 Å². The van der Waals surface area contributed by atoms with E-state index in [1.165, 1.54) is 12.1 Å². The van der Waals surface area contributed by atoms with E-state index in [1.54, 1.807) is 19.1 Å². The molecule has 0 unspecified atom stereocenters. The Balaban J connectivity index is 2.36. The van der Waals surface area contributed by atoms with Crippen LogP contribution in [-0.4, -0.2) is 9.97 Å². The fourth-order valence-electron chi connectivity index (χ4n) is 1.46. The number of rotatable bonds is 3. The van der Waals surface area contributed by atoms with Crippen LogP contribution in [0.2, 0.25) is 5.15 Å². The van der Waals surface area contributed by atoms with Crippen molar-refractivity contribution in [3.8, 4) is 11.6 Å². The molecule has 2 rings (SSSR count). The molecule has 0 radical (unpaired) electrons. The van der Waals surface area contributed by atoms with Crippen molar-refractivity contribution in [3.05, 3.63) is 46.6 Å². The van der Waals surface area contributed by atoms with E-state index in [2.05, 4.69) is 9.97 Å². The summed E-state index contributed by atoms with van der Waals surface area (Å²) in [5.74, 6) is 1.36. The first-order chi connectivity index (χ1) is 8.97. The third kappa shape index (κ3) is 3.20. The summed E-state index contributed by atoms with van der Waals surface area (Å²) in [5.41, 5.74) is 0.662. The predicted molar refractivity (Wildman–Crippen MR) is 72.3 cm³/mol. The minimum Gasteiger partial charge on any atom is -0.439 e. The summed E-state index contributed by atoms with van der Waals surface area (Å²) in [5, 5.41) is 0.371. The van der Waals surface area contributed by atoms with Crippen LogP contribution in [0.25, 0.3) is 0 Å². The maximum Gasteiger partial charge on any atom is 0.226 e. The Morgan fingerprint density at radius 3 is 2.37 bits per heavy atom. The van der Waals surface area contributed by atoms with Gasteiger partial charge in [0.15, 0.2) is 0 Å². The standard InChI is InChI=1S/C14H14ClFN2O/c1-8(2)13-17-12(15)9(3)14(18-13)19-11-6-4-10(16)5-7-11/h4-8H,1-3H3. The van der Waals surface area contributed by atoms with Gasteiger partial charge in [0, 0.05) is 11.5 Å². The summed E-state index contributed by atoms with van der Waals surface area (Å²) in [6, 6.07) is 5.74. The van der Waals surface area contributed by atoms with Gasteiger partial charge in [-0.15, -0.1) is 0 Å². The van der Waals surface area contributed by atoms with E-state index in [1.807, 2.05) is 13.8 Å². The van der Waals surface area contributed by atoms with Crippen LogP contribution in [0.15, 0.2) is 24.3 Å². The van der Waals surface area contributed by atoms with Crippen LogP contribution in [0.5, 0.6) is 11.6 Å². The van der Waals surface area contributed by atoms with Crippen molar-refractivity contribution >= 4 is 11.6 Å². The van der Waals surface area contributed by atoms with Crippen LogP contribution in [0.1, 0.15) is 31.2 Å². The Morgan fingerprint density at radius 1 is 1.16 bits per heavy atom. The van der Waals surface area contributed by atoms with Crippen LogP contribution in [0.4, 0.5) is 4.39 Å². The number of halogens is 2. The number of benzene rings is 1. The monoisotopic (exact) mass is 280 g/mol. The average Bonchev–Trinajstić information content (AvgIpc) is 2.37. The molecule has 5 heteroatoms. The first-order valence-corrected chi connectivity index (χ1v) is 6.32. The molecule has 0 atom stereocenters. The summed E-state index contributed by atoms with van der Waals surface area (Å²) in [4.78, 5) is 8.54. The molecule has 1 aromatic heterocycles. The highest BCUT2D eigenvalue weighted by molar-refractivity contribution is 6.30. The summed E-state index contributed by atoms with van der Waals surface area (Å²) in [6.07, 6.45) is 0. The Hall–Kier alpha value is -1.68. The average molecular weight is 281 g/mol. The molecule has 19 heavy (non-hydrogen) atoms. The number of ether oxygens (including phenoxy) is 1. The van der Waals surface area contributed by atoms with Gasteiger partial charge in [0.2, 0.25) is 5.88 Å². The molecule has 0 fully saturated rings. The molecule has 0 aliphatic rings. The number of aromatic nitrogens is 2. The van der Waals surface area contributed by atoms with Crippen molar-refractivity contribution in [2.45, 2.75) is 26.7 Å². The molecule has 100 valence electrons. The second kappa shape index (κ2) is 5.53. The molecular weight excluding hydrogens is 267 g/mol. The van der Waals surface area contributed by atoms with Gasteiger partial charge < -0.3 is 4.74 Å². The van der Waals surface area contributed by atoms with Crippen LogP contribution >= 0.6 is 11.6 Å². The van der Waals surface area contributed by atoms with E-state index in [-0.39, 0.29) is 11.7 Å². The Bertz CT molecular complexity index is 585. The van der Waals surface area contributed by atoms with Crippen LogP contribution in [0, 0.1) is 12.7 Å². The van der Waals surface area contributed by atoms with Crippen molar-refractivity contribution in [3.63, 3.8) is 0 Å². The maximum absolute atomic E-state index is 12.8. The Morgan fingerprint density at radius 2 is 1.79 bits per heavy atom. The third-order valence-electron chi connectivity index (χ3n) is 2.60. The molecule has 0 spiro atoms. The van der Waals surface area contributed by atoms with Gasteiger partial charge in [-0.05, 0) is 31.2 Å². The lowest BCUT2D eigenvalue weighted by Gasteiger charge is -2.11. The molecule has 0 bridgehead atoms. The zero-order valence-electron chi connectivity index (χ0n) is 10.9. The summed E-state index contributed by atoms with van der Waals surface area (Å²) in [7, 11) is 0. The molecule has 1 heterocycles. The van der Waals surface area contributed by atoms with Crippen LogP contribution < -0.4 is 4.74 Å². The van der Waals surface area contributed by atoms with Crippen LogP contribution in [0.3, 0.4) is 0 Å². The normalized spacial score (nSPS) is 10.8. The lowest BCUT2D eigenvalue weighted by atomic mass is 10.2. The number of hydrogen-bond donors (Lipinski definition) is 0. The second-order valence-corrected chi connectivity index (χ2v) is 4.87. The smallest absolute Gasteiger partial charge is 0.226 e. The summed E-state index contributed by atoms with van der Waals surface area (Å²) >= 11 is 6.06. The topological polar surface area (TPSA) is 35.0 Å². The molecule has 0 amide bonds. The van der Waals surface area contributed by atoms with E-state index < -0.39 is 0 Å². The van der Waals surface area contributed by atoms with Gasteiger partial charge in [-0.3, -0.25) is 0 Å². The highest BCUT2D eigenvalue weighted by atomic mass is 35.5. The Labute approximate surface area is 116 Å². The Kier molecular flexibility index (Phi) is 4.00. The van der Waals surface area contributed by atoms with E-state index in [0.717, 1.165) is 0 Å².